The lowest BCUT2D eigenvalue weighted by atomic mass is 9.95. The fourth-order valence-electron chi connectivity index (χ4n) is 4.73. The Labute approximate surface area is 299 Å². The molecule has 0 heterocycles. The third kappa shape index (κ3) is 19.5. The van der Waals surface area contributed by atoms with Crippen LogP contribution < -0.4 is 0 Å². The van der Waals surface area contributed by atoms with Gasteiger partial charge in [-0.25, -0.2) is 4.39 Å². The van der Waals surface area contributed by atoms with Crippen LogP contribution in [0, 0.1) is 37.9 Å². The zero-order valence-electron chi connectivity index (χ0n) is 34.0. The van der Waals surface area contributed by atoms with Crippen LogP contribution in [0.5, 0.6) is 0 Å². The van der Waals surface area contributed by atoms with Gasteiger partial charge in [0, 0.05) is 11.1 Å². The van der Waals surface area contributed by atoms with Crippen LogP contribution in [0.1, 0.15) is 156 Å². The molecule has 3 aromatic carbocycles. The minimum Gasteiger partial charge on any atom is -0.206 e. The molecule has 0 amide bonds. The molecule has 1 heteroatoms. The lowest BCUT2D eigenvalue weighted by Gasteiger charge is -2.11. The Morgan fingerprint density at radius 2 is 1.33 bits per heavy atom. The van der Waals surface area contributed by atoms with Crippen molar-refractivity contribution in [3.8, 4) is 23.5 Å². The summed E-state index contributed by atoms with van der Waals surface area (Å²) in [7, 11) is 0. The lowest BCUT2D eigenvalue weighted by molar-refractivity contribution is 0.477. The SMILES string of the molecule is C#Cc1ccc(-c2ccc(C)c(CC)c2)cc1.C=C(C)/C(C)=C(\C)c1c(C)cccc1F.CC.CC.CC.CCCCCCC(C)CC. The third-order valence-corrected chi connectivity index (χ3v) is 8.16. The Morgan fingerprint density at radius 1 is 0.771 bits per heavy atom. The van der Waals surface area contributed by atoms with Crippen LogP contribution in [-0.2, 0) is 6.42 Å². The first-order valence-corrected chi connectivity index (χ1v) is 18.8. The van der Waals surface area contributed by atoms with E-state index in [2.05, 4.69) is 77.4 Å². The van der Waals surface area contributed by atoms with E-state index in [9.17, 15) is 4.39 Å². The number of benzene rings is 3. The molecular formula is C47H73F. The molecule has 0 nitrogen and oxygen atoms in total. The molecule has 0 aliphatic heterocycles. The van der Waals surface area contributed by atoms with Crippen molar-refractivity contribution in [3.63, 3.8) is 0 Å². The highest BCUT2D eigenvalue weighted by molar-refractivity contribution is 5.72. The Balaban J connectivity index is -0.000000602. The van der Waals surface area contributed by atoms with Crippen molar-refractivity contribution in [2.45, 2.75) is 149 Å². The highest BCUT2D eigenvalue weighted by Crippen LogP contribution is 2.27. The molecule has 3 aromatic rings. The van der Waals surface area contributed by atoms with Crippen LogP contribution in [0.4, 0.5) is 4.39 Å². The largest absolute Gasteiger partial charge is 0.206 e. The molecule has 0 aromatic heterocycles. The van der Waals surface area contributed by atoms with Gasteiger partial charge in [-0.15, -0.1) is 6.42 Å². The number of unbranched alkanes of at least 4 members (excludes halogenated alkanes) is 3. The van der Waals surface area contributed by atoms with Gasteiger partial charge in [-0.3, -0.25) is 0 Å². The number of allylic oxidation sites excluding steroid dienone is 3. The first kappa shape index (κ1) is 49.0. The second kappa shape index (κ2) is 30.9. The Hall–Kier alpha value is -3.37. The number of halogens is 1. The standard InChI is InChI=1S/C17H16.C14H17F.C10H22.3C2H6/c1-4-14-7-10-16(11-8-14)17-9-6-13(3)15(5-2)12-17;1-9(2)11(4)12(5)14-10(3)7-6-8-13(14)15;1-4-6-7-8-9-10(3)5-2;3*1-2/h1,6-12H,5H2,2-3H3;6-8H,1H2,2-5H3;10H,4-9H2,1-3H3;3*1-2H3/b;12-11+;;;;. The molecule has 0 fully saturated rings. The molecule has 1 unspecified atom stereocenters. The molecular weight excluding hydrogens is 584 g/mol. The second-order valence-corrected chi connectivity index (χ2v) is 11.5. The molecule has 0 saturated carbocycles. The van der Waals surface area contributed by atoms with Crippen molar-refractivity contribution in [3.05, 3.63) is 112 Å². The van der Waals surface area contributed by atoms with Crippen LogP contribution in [0.2, 0.25) is 0 Å². The van der Waals surface area contributed by atoms with Crippen molar-refractivity contribution in [1.29, 1.82) is 0 Å². The first-order valence-electron chi connectivity index (χ1n) is 18.8. The van der Waals surface area contributed by atoms with Gasteiger partial charge in [-0.05, 0) is 104 Å². The van der Waals surface area contributed by atoms with E-state index in [1.54, 1.807) is 6.07 Å². The van der Waals surface area contributed by atoms with Crippen LogP contribution in [0.3, 0.4) is 0 Å². The normalized spacial score (nSPS) is 10.6. The summed E-state index contributed by atoms with van der Waals surface area (Å²) in [5.74, 6) is 3.43. The highest BCUT2D eigenvalue weighted by atomic mass is 19.1. The molecule has 0 spiro atoms. The summed E-state index contributed by atoms with van der Waals surface area (Å²) in [6.07, 6.45) is 14.9. The van der Waals surface area contributed by atoms with E-state index in [0.29, 0.717) is 5.56 Å². The van der Waals surface area contributed by atoms with Gasteiger partial charge < -0.3 is 0 Å². The molecule has 1 atom stereocenters. The summed E-state index contributed by atoms with van der Waals surface area (Å²) in [4.78, 5) is 0. The van der Waals surface area contributed by atoms with E-state index in [1.165, 1.54) is 66.8 Å². The topological polar surface area (TPSA) is 0 Å². The number of hydrogen-bond donors (Lipinski definition) is 0. The summed E-state index contributed by atoms with van der Waals surface area (Å²) in [6.45, 7) is 34.9. The van der Waals surface area contributed by atoms with Gasteiger partial charge in [-0.1, -0.05) is 168 Å². The molecule has 0 radical (unpaired) electrons. The van der Waals surface area contributed by atoms with Crippen LogP contribution in [0.15, 0.2) is 78.4 Å². The van der Waals surface area contributed by atoms with Gasteiger partial charge in [0.25, 0.3) is 0 Å². The molecule has 0 saturated heterocycles. The van der Waals surface area contributed by atoms with Gasteiger partial charge in [0.2, 0.25) is 0 Å². The Kier molecular flexibility index (Phi) is 31.6. The quantitative estimate of drug-likeness (QED) is 0.116. The van der Waals surface area contributed by atoms with Crippen LogP contribution >= 0.6 is 0 Å². The first-order chi connectivity index (χ1) is 23.0. The average molecular weight is 657 g/mol. The molecule has 268 valence electrons. The molecule has 3 rings (SSSR count). The van der Waals surface area contributed by atoms with E-state index in [-0.39, 0.29) is 5.82 Å². The lowest BCUT2D eigenvalue weighted by Crippen LogP contribution is -1.94. The minimum atomic E-state index is -0.159. The maximum Gasteiger partial charge on any atom is 0.130 e. The van der Waals surface area contributed by atoms with Gasteiger partial charge in [-0.2, -0.15) is 0 Å². The van der Waals surface area contributed by atoms with E-state index < -0.39 is 0 Å². The van der Waals surface area contributed by atoms with Gasteiger partial charge in [0.15, 0.2) is 0 Å². The van der Waals surface area contributed by atoms with Crippen LogP contribution in [0.25, 0.3) is 16.7 Å². The van der Waals surface area contributed by atoms with Crippen molar-refractivity contribution in [1.82, 2.24) is 0 Å². The zero-order valence-corrected chi connectivity index (χ0v) is 34.0. The smallest absolute Gasteiger partial charge is 0.130 e. The maximum absolute atomic E-state index is 13.7. The molecule has 0 bridgehead atoms. The van der Waals surface area contributed by atoms with E-state index in [0.717, 1.165) is 40.2 Å². The Morgan fingerprint density at radius 3 is 1.79 bits per heavy atom. The fourth-order valence-corrected chi connectivity index (χ4v) is 4.73. The van der Waals surface area contributed by atoms with Crippen molar-refractivity contribution >= 4 is 5.57 Å². The molecule has 0 N–H and O–H groups in total. The summed E-state index contributed by atoms with van der Waals surface area (Å²) in [5.41, 5.74) is 10.9. The second-order valence-electron chi connectivity index (χ2n) is 11.5. The predicted molar refractivity (Wildman–Crippen MR) is 220 cm³/mol. The Bertz CT molecular complexity index is 1290. The third-order valence-electron chi connectivity index (χ3n) is 8.16. The predicted octanol–water partition coefficient (Wildman–Crippen LogP) is 15.8. The number of terminal acetylenes is 1. The molecule has 0 aliphatic rings. The summed E-state index contributed by atoms with van der Waals surface area (Å²) >= 11 is 0. The van der Waals surface area contributed by atoms with E-state index in [1.807, 2.05) is 87.4 Å². The highest BCUT2D eigenvalue weighted by Gasteiger charge is 2.09. The summed E-state index contributed by atoms with van der Waals surface area (Å²) in [6, 6.07) is 19.9. The summed E-state index contributed by atoms with van der Waals surface area (Å²) < 4.78 is 13.7. The average Bonchev–Trinajstić information content (AvgIpc) is 3.12. The van der Waals surface area contributed by atoms with Gasteiger partial charge >= 0.3 is 0 Å². The van der Waals surface area contributed by atoms with Crippen molar-refractivity contribution in [2.24, 2.45) is 5.92 Å². The number of aryl methyl sites for hydroxylation is 3. The van der Waals surface area contributed by atoms with E-state index in [4.69, 9.17) is 6.42 Å². The van der Waals surface area contributed by atoms with Crippen molar-refractivity contribution < 1.29 is 4.39 Å². The zero-order chi connectivity index (χ0) is 37.7. The molecule has 48 heavy (non-hydrogen) atoms. The number of hydrogen-bond acceptors (Lipinski definition) is 0. The van der Waals surface area contributed by atoms with Crippen LogP contribution in [-0.4, -0.2) is 0 Å². The minimum absolute atomic E-state index is 0.159. The van der Waals surface area contributed by atoms with Gasteiger partial charge in [0.1, 0.15) is 5.82 Å². The fraction of sp³-hybridized carbons (Fsp3) is 0.489. The number of rotatable bonds is 10. The summed E-state index contributed by atoms with van der Waals surface area (Å²) in [5, 5.41) is 0. The maximum atomic E-state index is 13.7. The van der Waals surface area contributed by atoms with E-state index >= 15 is 0 Å². The van der Waals surface area contributed by atoms with Gasteiger partial charge in [0.05, 0.1) is 0 Å². The van der Waals surface area contributed by atoms with Crippen molar-refractivity contribution in [2.75, 3.05) is 0 Å². The monoisotopic (exact) mass is 657 g/mol. The molecule has 0 aliphatic carbocycles.